The van der Waals surface area contributed by atoms with Crippen molar-refractivity contribution in [1.29, 1.82) is 5.26 Å². The molecule has 0 amide bonds. The first-order valence-corrected chi connectivity index (χ1v) is 6.54. The number of para-hydroxylation sites is 1. The van der Waals surface area contributed by atoms with Crippen molar-refractivity contribution in [2.75, 3.05) is 12.3 Å². The zero-order valence-electron chi connectivity index (χ0n) is 11.6. The SMILES string of the molecule is CCCOc1cccc(Oc2ccc(C#N)cc2F)c1N. The fraction of sp³-hybridized carbons (Fsp3) is 0.188. The number of ether oxygens (including phenoxy) is 2. The lowest BCUT2D eigenvalue weighted by molar-refractivity contribution is 0.317. The van der Waals surface area contributed by atoms with Gasteiger partial charge >= 0.3 is 0 Å². The lowest BCUT2D eigenvalue weighted by Crippen LogP contribution is -2.01. The van der Waals surface area contributed by atoms with Crippen LogP contribution in [0.15, 0.2) is 36.4 Å². The van der Waals surface area contributed by atoms with E-state index in [0.29, 0.717) is 23.8 Å². The molecule has 0 radical (unpaired) electrons. The Balaban J connectivity index is 2.26. The predicted molar refractivity (Wildman–Crippen MR) is 77.8 cm³/mol. The van der Waals surface area contributed by atoms with Crippen LogP contribution in [0.25, 0.3) is 0 Å². The number of nitriles is 1. The van der Waals surface area contributed by atoms with E-state index >= 15 is 0 Å². The van der Waals surface area contributed by atoms with Gasteiger partial charge in [0.05, 0.1) is 18.2 Å². The number of hydrogen-bond acceptors (Lipinski definition) is 4. The molecule has 2 aromatic rings. The molecule has 0 aliphatic carbocycles. The third-order valence-electron chi connectivity index (χ3n) is 2.77. The maximum atomic E-state index is 13.8. The van der Waals surface area contributed by atoms with E-state index in [1.807, 2.05) is 13.0 Å². The Morgan fingerprint density at radius 1 is 1.19 bits per heavy atom. The van der Waals surface area contributed by atoms with Crippen molar-refractivity contribution in [2.45, 2.75) is 13.3 Å². The fourth-order valence-electron chi connectivity index (χ4n) is 1.72. The molecule has 0 atom stereocenters. The summed E-state index contributed by atoms with van der Waals surface area (Å²) in [6.07, 6.45) is 0.856. The Bertz CT molecular complexity index is 680. The van der Waals surface area contributed by atoms with Gasteiger partial charge in [-0.05, 0) is 36.8 Å². The number of nitrogens with zero attached hydrogens (tertiary/aromatic N) is 1. The van der Waals surface area contributed by atoms with Crippen molar-refractivity contribution >= 4 is 5.69 Å². The molecule has 21 heavy (non-hydrogen) atoms. The highest BCUT2D eigenvalue weighted by molar-refractivity contribution is 5.63. The third-order valence-corrected chi connectivity index (χ3v) is 2.77. The second-order valence-electron chi connectivity index (χ2n) is 4.38. The predicted octanol–water partition coefficient (Wildman–Crippen LogP) is 3.86. The van der Waals surface area contributed by atoms with Crippen LogP contribution in [-0.2, 0) is 0 Å². The van der Waals surface area contributed by atoms with Gasteiger partial charge in [-0.3, -0.25) is 0 Å². The van der Waals surface area contributed by atoms with Crippen LogP contribution in [0, 0.1) is 17.1 Å². The number of halogens is 1. The molecule has 0 saturated carbocycles. The molecule has 0 heterocycles. The molecule has 2 rings (SSSR count). The number of rotatable bonds is 5. The Hall–Kier alpha value is -2.74. The smallest absolute Gasteiger partial charge is 0.167 e. The summed E-state index contributed by atoms with van der Waals surface area (Å²) in [5, 5.41) is 8.71. The second kappa shape index (κ2) is 6.62. The molecule has 0 saturated heterocycles. The molecule has 2 aromatic carbocycles. The van der Waals surface area contributed by atoms with E-state index in [1.165, 1.54) is 12.1 Å². The van der Waals surface area contributed by atoms with Gasteiger partial charge in [-0.25, -0.2) is 4.39 Å². The molecule has 5 heteroatoms. The van der Waals surface area contributed by atoms with Gasteiger partial charge in [-0.2, -0.15) is 5.26 Å². The summed E-state index contributed by atoms with van der Waals surface area (Å²) in [7, 11) is 0. The van der Waals surface area contributed by atoms with Gasteiger partial charge in [0.2, 0.25) is 0 Å². The molecule has 0 spiro atoms. The van der Waals surface area contributed by atoms with E-state index in [-0.39, 0.29) is 11.3 Å². The third kappa shape index (κ3) is 3.42. The van der Waals surface area contributed by atoms with Crippen LogP contribution < -0.4 is 15.2 Å². The molecule has 0 unspecified atom stereocenters. The van der Waals surface area contributed by atoms with Gasteiger partial charge in [0, 0.05) is 0 Å². The number of anilines is 1. The van der Waals surface area contributed by atoms with Crippen molar-refractivity contribution in [3.8, 4) is 23.3 Å². The largest absolute Gasteiger partial charge is 0.491 e. The molecule has 2 N–H and O–H groups in total. The van der Waals surface area contributed by atoms with Crippen molar-refractivity contribution < 1.29 is 13.9 Å². The topological polar surface area (TPSA) is 68.3 Å². The fourth-order valence-corrected chi connectivity index (χ4v) is 1.72. The van der Waals surface area contributed by atoms with Crippen LogP contribution in [0.4, 0.5) is 10.1 Å². The zero-order chi connectivity index (χ0) is 15.2. The Labute approximate surface area is 122 Å². The minimum atomic E-state index is -0.617. The number of benzene rings is 2. The molecular formula is C16H15FN2O2. The van der Waals surface area contributed by atoms with Crippen LogP contribution in [-0.4, -0.2) is 6.61 Å². The number of nitrogens with two attached hydrogens (primary N) is 1. The van der Waals surface area contributed by atoms with Crippen LogP contribution in [0.3, 0.4) is 0 Å². The molecule has 0 bridgehead atoms. The van der Waals surface area contributed by atoms with E-state index in [1.54, 1.807) is 18.2 Å². The highest BCUT2D eigenvalue weighted by Crippen LogP contribution is 2.35. The van der Waals surface area contributed by atoms with Gasteiger partial charge in [-0.1, -0.05) is 13.0 Å². The summed E-state index contributed by atoms with van der Waals surface area (Å²) >= 11 is 0. The van der Waals surface area contributed by atoms with Crippen LogP contribution in [0.2, 0.25) is 0 Å². The van der Waals surface area contributed by atoms with E-state index < -0.39 is 5.82 Å². The maximum Gasteiger partial charge on any atom is 0.167 e. The normalized spacial score (nSPS) is 9.95. The molecular weight excluding hydrogens is 271 g/mol. The first-order valence-electron chi connectivity index (χ1n) is 6.54. The summed E-state index contributed by atoms with van der Waals surface area (Å²) in [4.78, 5) is 0. The lowest BCUT2D eigenvalue weighted by Gasteiger charge is -2.13. The standard InChI is InChI=1S/C16H15FN2O2/c1-2-8-20-14-4-3-5-15(16(14)19)21-13-7-6-11(10-18)9-12(13)17/h3-7,9H,2,8,19H2,1H3. The lowest BCUT2D eigenvalue weighted by atomic mass is 10.2. The minimum Gasteiger partial charge on any atom is -0.491 e. The summed E-state index contributed by atoms with van der Waals surface area (Å²) in [5.41, 5.74) is 6.50. The first kappa shape index (κ1) is 14.7. The Morgan fingerprint density at radius 3 is 2.62 bits per heavy atom. The highest BCUT2D eigenvalue weighted by atomic mass is 19.1. The maximum absolute atomic E-state index is 13.8. The van der Waals surface area contributed by atoms with Crippen LogP contribution in [0.5, 0.6) is 17.2 Å². The monoisotopic (exact) mass is 286 g/mol. The van der Waals surface area contributed by atoms with Gasteiger partial charge in [0.1, 0.15) is 11.4 Å². The molecule has 0 aromatic heterocycles. The molecule has 108 valence electrons. The average Bonchev–Trinajstić information content (AvgIpc) is 2.50. The van der Waals surface area contributed by atoms with Crippen molar-refractivity contribution in [3.05, 3.63) is 47.8 Å². The van der Waals surface area contributed by atoms with E-state index in [2.05, 4.69) is 0 Å². The average molecular weight is 286 g/mol. The van der Waals surface area contributed by atoms with Crippen LogP contribution in [0.1, 0.15) is 18.9 Å². The van der Waals surface area contributed by atoms with E-state index in [9.17, 15) is 4.39 Å². The van der Waals surface area contributed by atoms with Gasteiger partial charge < -0.3 is 15.2 Å². The molecule has 0 aliphatic heterocycles. The van der Waals surface area contributed by atoms with Crippen molar-refractivity contribution in [1.82, 2.24) is 0 Å². The Kier molecular flexibility index (Phi) is 4.62. The van der Waals surface area contributed by atoms with Crippen molar-refractivity contribution in [3.63, 3.8) is 0 Å². The summed E-state index contributed by atoms with van der Waals surface area (Å²) in [6.45, 7) is 2.53. The molecule has 4 nitrogen and oxygen atoms in total. The quantitative estimate of drug-likeness (QED) is 0.847. The molecule has 0 aliphatic rings. The number of hydrogen-bond donors (Lipinski definition) is 1. The van der Waals surface area contributed by atoms with Gasteiger partial charge in [0.15, 0.2) is 17.3 Å². The minimum absolute atomic E-state index is 0.00772. The summed E-state index contributed by atoms with van der Waals surface area (Å²) in [6, 6.07) is 10.9. The van der Waals surface area contributed by atoms with E-state index in [4.69, 9.17) is 20.5 Å². The van der Waals surface area contributed by atoms with Crippen LogP contribution >= 0.6 is 0 Å². The van der Waals surface area contributed by atoms with Gasteiger partial charge in [-0.15, -0.1) is 0 Å². The van der Waals surface area contributed by atoms with E-state index in [0.717, 1.165) is 12.5 Å². The highest BCUT2D eigenvalue weighted by Gasteiger charge is 2.11. The summed E-state index contributed by atoms with van der Waals surface area (Å²) in [5.74, 6) is 0.206. The zero-order valence-corrected chi connectivity index (χ0v) is 11.6. The van der Waals surface area contributed by atoms with Crippen molar-refractivity contribution in [2.24, 2.45) is 0 Å². The molecule has 0 fully saturated rings. The Morgan fingerprint density at radius 2 is 1.95 bits per heavy atom. The first-order chi connectivity index (χ1) is 10.2. The number of nitrogen functional groups attached to an aromatic ring is 1. The summed E-state index contributed by atoms with van der Waals surface area (Å²) < 4.78 is 24.8. The van der Waals surface area contributed by atoms with Gasteiger partial charge in [0.25, 0.3) is 0 Å². The second-order valence-corrected chi connectivity index (χ2v) is 4.38.